The Balaban J connectivity index is 2.17. The second-order valence-corrected chi connectivity index (χ2v) is 4.68. The van der Waals surface area contributed by atoms with E-state index in [2.05, 4.69) is 10.1 Å². The molecule has 112 valence electrons. The van der Waals surface area contributed by atoms with Gasteiger partial charge in [0.1, 0.15) is 17.9 Å². The van der Waals surface area contributed by atoms with Gasteiger partial charge in [-0.25, -0.2) is 9.67 Å². The van der Waals surface area contributed by atoms with Crippen LogP contribution in [0.15, 0.2) is 24.5 Å². The zero-order valence-electron chi connectivity index (χ0n) is 12.1. The molecule has 0 radical (unpaired) electrons. The average Bonchev–Trinajstić information content (AvgIpc) is 2.93. The topological polar surface area (TPSA) is 75.2 Å². The summed E-state index contributed by atoms with van der Waals surface area (Å²) in [6.07, 6.45) is 1.52. The predicted molar refractivity (Wildman–Crippen MR) is 83.5 cm³/mol. The van der Waals surface area contributed by atoms with Gasteiger partial charge in [-0.05, 0) is 32.0 Å². The van der Waals surface area contributed by atoms with Crippen molar-refractivity contribution in [2.45, 2.75) is 27.0 Å². The molecule has 0 aliphatic rings. The van der Waals surface area contributed by atoms with Crippen LogP contribution in [-0.4, -0.2) is 26.4 Å². The summed E-state index contributed by atoms with van der Waals surface area (Å²) in [6.45, 7) is 5.51. The van der Waals surface area contributed by atoms with E-state index in [0.717, 1.165) is 17.9 Å². The van der Waals surface area contributed by atoms with Crippen molar-refractivity contribution in [3.8, 4) is 11.5 Å². The number of thiocarbonyl (C=S) groups is 1. The fourth-order valence-corrected chi connectivity index (χ4v) is 1.98. The number of hydrogen-bond donors (Lipinski definition) is 1. The summed E-state index contributed by atoms with van der Waals surface area (Å²) < 4.78 is 13.1. The molecule has 7 heteroatoms. The minimum atomic E-state index is 0.320. The molecule has 0 spiro atoms. The number of nitrogens with two attached hydrogens (primary N) is 1. The van der Waals surface area contributed by atoms with Crippen molar-refractivity contribution in [3.63, 3.8) is 0 Å². The maximum atomic E-state index is 5.78. The number of aryl methyl sites for hydroxylation is 1. The quantitative estimate of drug-likeness (QED) is 0.788. The first-order valence-corrected chi connectivity index (χ1v) is 7.12. The molecule has 0 saturated heterocycles. The average molecular weight is 306 g/mol. The van der Waals surface area contributed by atoms with Crippen LogP contribution in [-0.2, 0) is 13.2 Å². The number of nitrogens with zero attached hydrogens (tertiary/aromatic N) is 3. The predicted octanol–water partition coefficient (Wildman–Crippen LogP) is 1.91. The Labute approximate surface area is 128 Å². The molecular weight excluding hydrogens is 288 g/mol. The molecule has 0 atom stereocenters. The van der Waals surface area contributed by atoms with Crippen LogP contribution >= 0.6 is 12.2 Å². The Morgan fingerprint density at radius 2 is 2.10 bits per heavy atom. The molecule has 6 nitrogen and oxygen atoms in total. The van der Waals surface area contributed by atoms with Crippen molar-refractivity contribution in [2.24, 2.45) is 5.73 Å². The summed E-state index contributed by atoms with van der Waals surface area (Å²) in [5.41, 5.74) is 6.38. The Bertz CT molecular complexity index is 627. The van der Waals surface area contributed by atoms with Gasteiger partial charge in [-0.3, -0.25) is 0 Å². The SMILES string of the molecule is CCOc1cc(C(N)=S)ccc1OCc1ncnn1CC. The Hall–Kier alpha value is -2.15. The minimum absolute atomic E-state index is 0.320. The Kier molecular flexibility index (Phi) is 5.10. The lowest BCUT2D eigenvalue weighted by Crippen LogP contribution is -2.11. The smallest absolute Gasteiger partial charge is 0.164 e. The number of hydrogen-bond acceptors (Lipinski definition) is 5. The van der Waals surface area contributed by atoms with E-state index < -0.39 is 0 Å². The lowest BCUT2D eigenvalue weighted by molar-refractivity contribution is 0.258. The molecule has 2 rings (SSSR count). The zero-order valence-corrected chi connectivity index (χ0v) is 12.9. The van der Waals surface area contributed by atoms with Gasteiger partial charge in [0.05, 0.1) is 6.61 Å². The standard InChI is InChI=1S/C14H18N4O2S/c1-3-18-13(16-9-17-18)8-20-11-6-5-10(14(15)21)7-12(11)19-4-2/h5-7,9H,3-4,8H2,1-2H3,(H2,15,21). The highest BCUT2D eigenvalue weighted by Crippen LogP contribution is 2.29. The van der Waals surface area contributed by atoms with E-state index in [-0.39, 0.29) is 0 Å². The summed E-state index contributed by atoms with van der Waals surface area (Å²) in [5.74, 6) is 2.01. The van der Waals surface area contributed by atoms with Gasteiger partial charge in [0.2, 0.25) is 0 Å². The maximum absolute atomic E-state index is 5.78. The van der Waals surface area contributed by atoms with Crippen molar-refractivity contribution < 1.29 is 9.47 Å². The van der Waals surface area contributed by atoms with Gasteiger partial charge in [0.25, 0.3) is 0 Å². The fourth-order valence-electron chi connectivity index (χ4n) is 1.86. The zero-order chi connectivity index (χ0) is 15.2. The highest BCUT2D eigenvalue weighted by Gasteiger charge is 2.10. The molecule has 0 aliphatic carbocycles. The van der Waals surface area contributed by atoms with Gasteiger partial charge in [0, 0.05) is 12.1 Å². The van der Waals surface area contributed by atoms with Crippen molar-refractivity contribution in [1.29, 1.82) is 0 Å². The van der Waals surface area contributed by atoms with Gasteiger partial charge < -0.3 is 15.2 Å². The van der Waals surface area contributed by atoms with Crippen LogP contribution in [0.1, 0.15) is 25.2 Å². The van der Waals surface area contributed by atoms with Crippen LogP contribution in [0.2, 0.25) is 0 Å². The fraction of sp³-hybridized carbons (Fsp3) is 0.357. The Morgan fingerprint density at radius 1 is 1.29 bits per heavy atom. The first kappa shape index (κ1) is 15.2. The minimum Gasteiger partial charge on any atom is -0.490 e. The number of aromatic nitrogens is 3. The number of benzene rings is 1. The van der Waals surface area contributed by atoms with E-state index in [0.29, 0.717) is 29.7 Å². The van der Waals surface area contributed by atoms with Crippen molar-refractivity contribution in [1.82, 2.24) is 14.8 Å². The number of ether oxygens (including phenoxy) is 2. The van der Waals surface area contributed by atoms with E-state index in [1.54, 1.807) is 16.8 Å². The summed E-state index contributed by atoms with van der Waals surface area (Å²) in [4.78, 5) is 4.50. The molecule has 0 amide bonds. The first-order chi connectivity index (χ1) is 10.2. The van der Waals surface area contributed by atoms with Gasteiger partial charge in [-0.1, -0.05) is 12.2 Å². The molecule has 1 aromatic carbocycles. The highest BCUT2D eigenvalue weighted by molar-refractivity contribution is 7.80. The second-order valence-electron chi connectivity index (χ2n) is 4.24. The molecular formula is C14H18N4O2S. The van der Waals surface area contributed by atoms with Crippen LogP contribution in [0.4, 0.5) is 0 Å². The lowest BCUT2D eigenvalue weighted by atomic mass is 10.2. The third-order valence-electron chi connectivity index (χ3n) is 2.88. The maximum Gasteiger partial charge on any atom is 0.164 e. The monoisotopic (exact) mass is 306 g/mol. The van der Waals surface area contributed by atoms with Crippen molar-refractivity contribution in [3.05, 3.63) is 35.9 Å². The lowest BCUT2D eigenvalue weighted by Gasteiger charge is -2.13. The van der Waals surface area contributed by atoms with Gasteiger partial charge in [-0.2, -0.15) is 5.10 Å². The largest absolute Gasteiger partial charge is 0.490 e. The summed E-state index contributed by atoms with van der Waals surface area (Å²) in [5, 5.41) is 4.10. The first-order valence-electron chi connectivity index (χ1n) is 6.71. The molecule has 0 fully saturated rings. The van der Waals surface area contributed by atoms with E-state index in [4.69, 9.17) is 27.4 Å². The molecule has 0 aliphatic heterocycles. The molecule has 0 unspecified atom stereocenters. The van der Waals surface area contributed by atoms with Gasteiger partial charge >= 0.3 is 0 Å². The van der Waals surface area contributed by atoms with Gasteiger partial charge in [-0.15, -0.1) is 0 Å². The molecule has 0 bridgehead atoms. The van der Waals surface area contributed by atoms with Crippen LogP contribution in [0.5, 0.6) is 11.5 Å². The summed E-state index contributed by atoms with van der Waals surface area (Å²) in [7, 11) is 0. The number of rotatable bonds is 7. The van der Waals surface area contributed by atoms with Crippen molar-refractivity contribution in [2.75, 3.05) is 6.61 Å². The van der Waals surface area contributed by atoms with E-state index in [9.17, 15) is 0 Å². The van der Waals surface area contributed by atoms with Crippen LogP contribution < -0.4 is 15.2 Å². The van der Waals surface area contributed by atoms with Crippen molar-refractivity contribution >= 4 is 17.2 Å². The van der Waals surface area contributed by atoms with E-state index >= 15 is 0 Å². The summed E-state index contributed by atoms with van der Waals surface area (Å²) in [6, 6.07) is 5.39. The third kappa shape index (κ3) is 3.69. The van der Waals surface area contributed by atoms with Crippen LogP contribution in [0.3, 0.4) is 0 Å². The second kappa shape index (κ2) is 7.03. The summed E-state index contributed by atoms with van der Waals surface area (Å²) >= 11 is 4.97. The molecule has 1 aromatic heterocycles. The van der Waals surface area contributed by atoms with Crippen LogP contribution in [0.25, 0.3) is 0 Å². The van der Waals surface area contributed by atoms with E-state index in [1.807, 2.05) is 19.9 Å². The van der Waals surface area contributed by atoms with Gasteiger partial charge in [0.15, 0.2) is 17.3 Å². The molecule has 21 heavy (non-hydrogen) atoms. The Morgan fingerprint density at radius 3 is 2.76 bits per heavy atom. The molecule has 2 N–H and O–H groups in total. The van der Waals surface area contributed by atoms with Crippen LogP contribution in [0, 0.1) is 0 Å². The molecule has 2 aromatic rings. The molecule has 1 heterocycles. The highest BCUT2D eigenvalue weighted by atomic mass is 32.1. The molecule has 0 saturated carbocycles. The third-order valence-corrected chi connectivity index (χ3v) is 3.12. The van der Waals surface area contributed by atoms with E-state index in [1.165, 1.54) is 6.33 Å². The normalized spacial score (nSPS) is 10.4.